The number of carbonyl (C=O) groups is 2. The van der Waals surface area contributed by atoms with Crippen LogP contribution in [0, 0.1) is 12.7 Å². The second-order valence-corrected chi connectivity index (χ2v) is 8.12. The van der Waals surface area contributed by atoms with Crippen LogP contribution in [0.1, 0.15) is 27.9 Å². The molecule has 1 saturated heterocycles. The van der Waals surface area contributed by atoms with E-state index in [0.29, 0.717) is 35.9 Å². The van der Waals surface area contributed by atoms with Gasteiger partial charge < -0.3 is 25.2 Å². The zero-order valence-corrected chi connectivity index (χ0v) is 18.8. The second-order valence-electron chi connectivity index (χ2n) is 8.12. The standard InChI is InChI=1S/C23H22FN7O4/c1-13-16(24)8-14(9-17(13)27-21(32)18-10-26-19-4-2-3-6-31(18)19)20-28-22(35-29-20)15-11-30(12-15)23(33)34-7-5-25/h2-4,6,8-10,15H,5,7,11-12,25H2,1H3,(H,27,32). The molecule has 4 aromatic rings. The molecular weight excluding hydrogens is 457 g/mol. The van der Waals surface area contributed by atoms with Crippen molar-refractivity contribution in [1.82, 2.24) is 24.4 Å². The van der Waals surface area contributed by atoms with Gasteiger partial charge in [-0.3, -0.25) is 9.20 Å². The Balaban J connectivity index is 1.32. The van der Waals surface area contributed by atoms with Crippen molar-refractivity contribution in [3.8, 4) is 11.4 Å². The van der Waals surface area contributed by atoms with Crippen molar-refractivity contribution in [2.45, 2.75) is 12.8 Å². The molecule has 1 aliphatic heterocycles. The number of imidazole rings is 1. The molecule has 35 heavy (non-hydrogen) atoms. The maximum absolute atomic E-state index is 14.7. The van der Waals surface area contributed by atoms with Crippen molar-refractivity contribution in [1.29, 1.82) is 0 Å². The van der Waals surface area contributed by atoms with Crippen LogP contribution in [0.5, 0.6) is 0 Å². The molecule has 180 valence electrons. The predicted octanol–water partition coefficient (Wildman–Crippen LogP) is 2.58. The van der Waals surface area contributed by atoms with Gasteiger partial charge >= 0.3 is 6.09 Å². The van der Waals surface area contributed by atoms with Gasteiger partial charge in [-0.1, -0.05) is 11.2 Å². The van der Waals surface area contributed by atoms with Gasteiger partial charge in [0.2, 0.25) is 11.7 Å². The number of aromatic nitrogens is 4. The Morgan fingerprint density at radius 3 is 2.94 bits per heavy atom. The van der Waals surface area contributed by atoms with Gasteiger partial charge in [-0.15, -0.1) is 0 Å². The number of pyridine rings is 1. The van der Waals surface area contributed by atoms with Crippen LogP contribution in [0.15, 0.2) is 47.2 Å². The Morgan fingerprint density at radius 2 is 2.14 bits per heavy atom. The predicted molar refractivity (Wildman–Crippen MR) is 122 cm³/mol. The smallest absolute Gasteiger partial charge is 0.409 e. The lowest BCUT2D eigenvalue weighted by atomic mass is 10.0. The van der Waals surface area contributed by atoms with Crippen molar-refractivity contribution in [2.75, 3.05) is 31.6 Å². The third-order valence-corrected chi connectivity index (χ3v) is 5.77. The van der Waals surface area contributed by atoms with E-state index in [9.17, 15) is 14.0 Å². The highest BCUT2D eigenvalue weighted by atomic mass is 19.1. The maximum atomic E-state index is 14.7. The van der Waals surface area contributed by atoms with Crippen LogP contribution >= 0.6 is 0 Å². The molecule has 3 aromatic heterocycles. The normalized spacial score (nSPS) is 13.6. The number of hydrogen-bond donors (Lipinski definition) is 2. The number of benzene rings is 1. The largest absolute Gasteiger partial charge is 0.448 e. The van der Waals surface area contributed by atoms with E-state index in [1.54, 1.807) is 35.7 Å². The highest BCUT2D eigenvalue weighted by Gasteiger charge is 2.36. The van der Waals surface area contributed by atoms with Crippen molar-refractivity contribution < 1.29 is 23.2 Å². The Kier molecular flexibility index (Phi) is 5.87. The van der Waals surface area contributed by atoms with Gasteiger partial charge in [-0.2, -0.15) is 4.98 Å². The number of ether oxygens (including phenoxy) is 1. The molecule has 4 heterocycles. The van der Waals surface area contributed by atoms with E-state index in [2.05, 4.69) is 20.4 Å². The van der Waals surface area contributed by atoms with E-state index in [0.717, 1.165) is 0 Å². The Bertz CT molecular complexity index is 1410. The number of hydrogen-bond acceptors (Lipinski definition) is 8. The Morgan fingerprint density at radius 1 is 1.31 bits per heavy atom. The van der Waals surface area contributed by atoms with E-state index >= 15 is 0 Å². The first-order chi connectivity index (χ1) is 16.9. The number of fused-ring (bicyclic) bond motifs is 1. The summed E-state index contributed by atoms with van der Waals surface area (Å²) in [5.74, 6) is -0.604. The molecule has 0 saturated carbocycles. The van der Waals surface area contributed by atoms with Crippen molar-refractivity contribution in [3.63, 3.8) is 0 Å². The maximum Gasteiger partial charge on any atom is 0.409 e. The topological polar surface area (TPSA) is 141 Å². The molecule has 0 spiro atoms. The minimum atomic E-state index is -0.528. The molecule has 11 nitrogen and oxygen atoms in total. The summed E-state index contributed by atoms with van der Waals surface area (Å²) >= 11 is 0. The third-order valence-electron chi connectivity index (χ3n) is 5.77. The average Bonchev–Trinajstić information content (AvgIpc) is 3.47. The molecule has 0 unspecified atom stereocenters. The number of halogens is 1. The van der Waals surface area contributed by atoms with Crippen molar-refractivity contribution in [3.05, 3.63) is 65.7 Å². The van der Waals surface area contributed by atoms with Gasteiger partial charge in [0.25, 0.3) is 5.91 Å². The van der Waals surface area contributed by atoms with E-state index in [1.165, 1.54) is 17.2 Å². The summed E-state index contributed by atoms with van der Waals surface area (Å²) in [5.41, 5.74) is 7.16. The number of nitrogens with two attached hydrogens (primary N) is 1. The van der Waals surface area contributed by atoms with E-state index in [4.69, 9.17) is 15.0 Å². The van der Waals surface area contributed by atoms with Gasteiger partial charge in [-0.05, 0) is 31.2 Å². The highest BCUT2D eigenvalue weighted by Crippen LogP contribution is 2.30. The SMILES string of the molecule is Cc1c(F)cc(-c2noc(C3CN(C(=O)OCCN)C3)n2)cc1NC(=O)c1cnc2ccccn12. The fraction of sp³-hybridized carbons (Fsp3) is 0.261. The van der Waals surface area contributed by atoms with Crippen LogP contribution in [0.4, 0.5) is 14.9 Å². The summed E-state index contributed by atoms with van der Waals surface area (Å²) in [7, 11) is 0. The zero-order valence-electron chi connectivity index (χ0n) is 18.8. The molecule has 1 aliphatic rings. The van der Waals surface area contributed by atoms with Gasteiger partial charge in [-0.25, -0.2) is 14.2 Å². The first kappa shape index (κ1) is 22.5. The van der Waals surface area contributed by atoms with Gasteiger partial charge in [0, 0.05) is 42.6 Å². The summed E-state index contributed by atoms with van der Waals surface area (Å²) in [4.78, 5) is 34.8. The van der Waals surface area contributed by atoms with Gasteiger partial charge in [0.05, 0.1) is 12.1 Å². The average molecular weight is 479 g/mol. The number of rotatable bonds is 6. The molecule has 3 N–H and O–H groups in total. The van der Waals surface area contributed by atoms with Crippen molar-refractivity contribution in [2.24, 2.45) is 5.73 Å². The fourth-order valence-corrected chi connectivity index (χ4v) is 3.76. The molecular formula is C23H22FN7O4. The highest BCUT2D eigenvalue weighted by molar-refractivity contribution is 6.04. The van der Waals surface area contributed by atoms with Crippen LogP contribution in [0.3, 0.4) is 0 Å². The lowest BCUT2D eigenvalue weighted by molar-refractivity contribution is 0.0671. The molecule has 1 fully saturated rings. The van der Waals surface area contributed by atoms with Crippen LogP contribution < -0.4 is 11.1 Å². The van der Waals surface area contributed by atoms with Crippen LogP contribution in [0.25, 0.3) is 17.0 Å². The first-order valence-corrected chi connectivity index (χ1v) is 10.9. The number of anilines is 1. The van der Waals surface area contributed by atoms with Crippen LogP contribution in [-0.4, -0.2) is 62.7 Å². The lowest BCUT2D eigenvalue weighted by Crippen LogP contribution is -2.49. The molecule has 0 aliphatic carbocycles. The molecule has 0 radical (unpaired) electrons. The summed E-state index contributed by atoms with van der Waals surface area (Å²) in [6.07, 6.45) is 2.74. The van der Waals surface area contributed by atoms with Gasteiger partial charge in [0.15, 0.2) is 0 Å². The number of nitrogens with one attached hydrogen (secondary N) is 1. The van der Waals surface area contributed by atoms with E-state index < -0.39 is 17.8 Å². The monoisotopic (exact) mass is 479 g/mol. The molecule has 0 bridgehead atoms. The molecule has 0 atom stereocenters. The number of likely N-dealkylation sites (tertiary alicyclic amines) is 1. The number of carbonyl (C=O) groups excluding carboxylic acids is 2. The second kappa shape index (κ2) is 9.14. The van der Waals surface area contributed by atoms with E-state index in [-0.39, 0.29) is 36.1 Å². The molecule has 2 amide bonds. The third kappa shape index (κ3) is 4.30. The zero-order chi connectivity index (χ0) is 24.5. The molecule has 12 heteroatoms. The van der Waals surface area contributed by atoms with E-state index in [1.807, 2.05) is 6.07 Å². The number of amides is 2. The van der Waals surface area contributed by atoms with Crippen LogP contribution in [0.2, 0.25) is 0 Å². The minimum absolute atomic E-state index is 0.147. The summed E-state index contributed by atoms with van der Waals surface area (Å²) < 4.78 is 26.7. The van der Waals surface area contributed by atoms with Crippen LogP contribution in [-0.2, 0) is 4.74 Å². The Labute approximate surface area is 198 Å². The lowest BCUT2D eigenvalue weighted by Gasteiger charge is -2.35. The summed E-state index contributed by atoms with van der Waals surface area (Å²) in [6.45, 7) is 2.71. The van der Waals surface area contributed by atoms with Crippen molar-refractivity contribution >= 4 is 23.3 Å². The fourth-order valence-electron chi connectivity index (χ4n) is 3.76. The first-order valence-electron chi connectivity index (χ1n) is 10.9. The number of nitrogens with zero attached hydrogens (tertiary/aromatic N) is 5. The quantitative estimate of drug-likeness (QED) is 0.430. The summed E-state index contributed by atoms with van der Waals surface area (Å²) in [5, 5.41) is 6.71. The molecule has 5 rings (SSSR count). The Hall–Kier alpha value is -4.32. The summed E-state index contributed by atoms with van der Waals surface area (Å²) in [6, 6.07) is 8.26. The molecule has 1 aromatic carbocycles. The van der Waals surface area contributed by atoms with Gasteiger partial charge in [0.1, 0.15) is 23.8 Å². The minimum Gasteiger partial charge on any atom is -0.448 e.